The summed E-state index contributed by atoms with van der Waals surface area (Å²) >= 11 is 0. The first-order valence-corrected chi connectivity index (χ1v) is 9.31. The Morgan fingerprint density at radius 1 is 1.28 bits per heavy atom. The highest BCUT2D eigenvalue weighted by atomic mass is 19.1. The molecule has 3 heterocycles. The summed E-state index contributed by atoms with van der Waals surface area (Å²) in [6.07, 6.45) is 1.87. The first-order chi connectivity index (χ1) is 14.9. The largest absolute Gasteiger partial charge is 0.442 e. The zero-order valence-electron chi connectivity index (χ0n) is 16.3. The third-order valence-corrected chi connectivity index (χ3v) is 4.81. The minimum Gasteiger partial charge on any atom is -0.442 e. The van der Waals surface area contributed by atoms with Crippen LogP contribution in [-0.4, -0.2) is 51.7 Å². The van der Waals surface area contributed by atoms with Crippen LogP contribution >= 0.6 is 0 Å². The lowest BCUT2D eigenvalue weighted by atomic mass is 10.1. The van der Waals surface area contributed by atoms with E-state index in [9.17, 15) is 18.8 Å². The summed E-state index contributed by atoms with van der Waals surface area (Å²) in [4.78, 5) is 40.0. The molecule has 1 aromatic carbocycles. The minimum atomic E-state index is -0.755. The van der Waals surface area contributed by atoms with Crippen LogP contribution in [0.5, 0.6) is 0 Å². The van der Waals surface area contributed by atoms with Crippen molar-refractivity contribution in [1.29, 1.82) is 0 Å². The van der Waals surface area contributed by atoms with E-state index in [0.29, 0.717) is 16.9 Å². The number of benzene rings is 1. The molecule has 10 nitrogen and oxygen atoms in total. The second kappa shape index (κ2) is 9.02. The molecule has 0 spiro atoms. The van der Waals surface area contributed by atoms with Gasteiger partial charge >= 0.3 is 6.09 Å². The fraction of sp³-hybridized carbons (Fsp3) is 0.238. The number of carbonyl (C=O) groups excluding carboxylic acids is 3. The van der Waals surface area contributed by atoms with Crippen LogP contribution < -0.4 is 15.7 Å². The quantitative estimate of drug-likeness (QED) is 0.411. The predicted octanol–water partition coefficient (Wildman–Crippen LogP) is 2.36. The number of imidazole rings is 1. The van der Waals surface area contributed by atoms with Crippen LogP contribution in [0.3, 0.4) is 0 Å². The van der Waals surface area contributed by atoms with Gasteiger partial charge in [0.15, 0.2) is 0 Å². The van der Waals surface area contributed by atoms with Crippen LogP contribution in [0.25, 0.3) is 16.8 Å². The molecule has 2 aromatic heterocycles. The second-order valence-corrected chi connectivity index (χ2v) is 6.97. The smallest absolute Gasteiger partial charge is 0.414 e. The Labute approximate surface area is 182 Å². The average molecular weight is 443 g/mol. The summed E-state index contributed by atoms with van der Waals surface area (Å²) in [6, 6.07) is 7.64. The van der Waals surface area contributed by atoms with Gasteiger partial charge in [-0.2, -0.15) is 0 Å². The number of fused-ring (bicyclic) bond motifs is 1. The number of hydroxylamine groups is 1. The van der Waals surface area contributed by atoms with E-state index in [2.05, 4.69) is 10.3 Å². The molecule has 32 heavy (non-hydrogen) atoms. The van der Waals surface area contributed by atoms with Crippen molar-refractivity contribution >= 4 is 29.2 Å². The molecule has 3 amide bonds. The topological polar surface area (TPSA) is 125 Å². The number of nitrogens with one attached hydrogen (secondary N) is 2. The number of carbonyl (C=O) groups is 3. The predicted molar refractivity (Wildman–Crippen MR) is 113 cm³/mol. The second-order valence-electron chi connectivity index (χ2n) is 6.97. The molecule has 0 bridgehead atoms. The molecular weight excluding hydrogens is 421 g/mol. The van der Waals surface area contributed by atoms with Gasteiger partial charge in [-0.15, -0.1) is 0 Å². The van der Waals surface area contributed by atoms with Gasteiger partial charge in [0, 0.05) is 30.4 Å². The number of anilines is 1. The number of nitrogens with zero attached hydrogens (tertiary/aromatic N) is 3. The van der Waals surface area contributed by atoms with Crippen molar-refractivity contribution in [1.82, 2.24) is 20.2 Å². The van der Waals surface area contributed by atoms with E-state index >= 15 is 0 Å². The van der Waals surface area contributed by atoms with Crippen LogP contribution in [0.15, 0.2) is 42.7 Å². The van der Waals surface area contributed by atoms with Crippen molar-refractivity contribution in [2.75, 3.05) is 18.0 Å². The molecule has 3 N–H and O–H groups in total. The van der Waals surface area contributed by atoms with Crippen LogP contribution in [0.4, 0.5) is 14.9 Å². The first kappa shape index (κ1) is 22.7. The molecule has 0 aliphatic carbocycles. The van der Waals surface area contributed by atoms with Crippen LogP contribution in [-0.2, 0) is 9.53 Å². The maximum absolute atomic E-state index is 14.9. The standard InChI is InChI=1S/C20H18FN5O5.CH4/c1-11(27)22-7-14-9-26(20(29)31-14)13-3-4-15(16(21)6-13)12-2-5-18-23-17(19(28)24-30)10-25(18)8-12;/h2-6,8,10,14,30H,7,9H2,1H3,(H,22,27)(H,24,28);1H4/t14-;/m0./s1. The Hall–Kier alpha value is -3.99. The highest BCUT2D eigenvalue weighted by Crippen LogP contribution is 2.29. The lowest BCUT2D eigenvalue weighted by Gasteiger charge is -2.14. The molecule has 3 aromatic rings. The van der Waals surface area contributed by atoms with Gasteiger partial charge in [0.25, 0.3) is 5.91 Å². The van der Waals surface area contributed by atoms with Gasteiger partial charge in [-0.3, -0.25) is 19.7 Å². The normalized spacial score (nSPS) is 15.3. The zero-order chi connectivity index (χ0) is 22.1. The molecule has 0 radical (unpaired) electrons. The number of hydrogen-bond donors (Lipinski definition) is 3. The van der Waals surface area contributed by atoms with Gasteiger partial charge in [0.1, 0.15) is 23.3 Å². The van der Waals surface area contributed by atoms with Crippen molar-refractivity contribution in [3.63, 3.8) is 0 Å². The fourth-order valence-electron chi connectivity index (χ4n) is 3.32. The molecule has 1 aliphatic rings. The molecule has 4 rings (SSSR count). The lowest BCUT2D eigenvalue weighted by Crippen LogP contribution is -2.33. The monoisotopic (exact) mass is 443 g/mol. The van der Waals surface area contributed by atoms with Crippen molar-refractivity contribution in [3.8, 4) is 11.1 Å². The highest BCUT2D eigenvalue weighted by molar-refractivity contribution is 5.92. The Bertz CT molecular complexity index is 1190. The fourth-order valence-corrected chi connectivity index (χ4v) is 3.32. The van der Waals surface area contributed by atoms with Crippen molar-refractivity contribution in [2.45, 2.75) is 20.5 Å². The Balaban J connectivity index is 0.00000289. The molecule has 1 fully saturated rings. The number of ether oxygens (including phenoxy) is 1. The summed E-state index contributed by atoms with van der Waals surface area (Å²) in [6.45, 7) is 1.74. The molecule has 11 heteroatoms. The number of halogens is 1. The van der Waals surface area contributed by atoms with Crippen molar-refractivity contribution in [2.24, 2.45) is 0 Å². The highest BCUT2D eigenvalue weighted by Gasteiger charge is 2.32. The number of rotatable bonds is 5. The van der Waals surface area contributed by atoms with Crippen LogP contribution in [0, 0.1) is 5.82 Å². The molecule has 1 saturated heterocycles. The van der Waals surface area contributed by atoms with E-state index < -0.39 is 23.9 Å². The Morgan fingerprint density at radius 3 is 2.75 bits per heavy atom. The van der Waals surface area contributed by atoms with Crippen molar-refractivity contribution in [3.05, 3.63) is 54.2 Å². The van der Waals surface area contributed by atoms with E-state index in [1.807, 2.05) is 0 Å². The first-order valence-electron chi connectivity index (χ1n) is 9.31. The van der Waals surface area contributed by atoms with Gasteiger partial charge in [-0.05, 0) is 30.3 Å². The van der Waals surface area contributed by atoms with Gasteiger partial charge in [0.2, 0.25) is 5.91 Å². The Morgan fingerprint density at radius 2 is 2.06 bits per heavy atom. The molecule has 1 atom stereocenters. The summed E-state index contributed by atoms with van der Waals surface area (Å²) in [5.41, 5.74) is 3.12. The molecule has 1 aliphatic heterocycles. The average Bonchev–Trinajstić information content (AvgIpc) is 3.34. The minimum absolute atomic E-state index is 0. The molecule has 0 saturated carbocycles. The maximum Gasteiger partial charge on any atom is 0.414 e. The van der Waals surface area contributed by atoms with E-state index in [-0.39, 0.29) is 37.7 Å². The Kier molecular flexibility index (Phi) is 6.40. The number of amides is 3. The van der Waals surface area contributed by atoms with Gasteiger partial charge in [0.05, 0.1) is 18.8 Å². The van der Waals surface area contributed by atoms with Crippen LogP contribution in [0.1, 0.15) is 24.8 Å². The molecular formula is C21H22FN5O5. The van der Waals surface area contributed by atoms with Crippen molar-refractivity contribution < 1.29 is 28.7 Å². The van der Waals surface area contributed by atoms with Gasteiger partial charge in [-0.25, -0.2) is 19.6 Å². The molecule has 168 valence electrons. The summed E-state index contributed by atoms with van der Waals surface area (Å²) in [5.74, 6) is -1.54. The van der Waals surface area contributed by atoms with Gasteiger partial charge < -0.3 is 14.5 Å². The lowest BCUT2D eigenvalue weighted by molar-refractivity contribution is -0.119. The maximum atomic E-state index is 14.9. The summed E-state index contributed by atoms with van der Waals surface area (Å²) in [5, 5.41) is 11.3. The van der Waals surface area contributed by atoms with Crippen LogP contribution in [0.2, 0.25) is 0 Å². The van der Waals surface area contributed by atoms with Gasteiger partial charge in [-0.1, -0.05) is 7.43 Å². The number of hydrogen-bond acceptors (Lipinski definition) is 6. The van der Waals surface area contributed by atoms with E-state index in [4.69, 9.17) is 9.94 Å². The summed E-state index contributed by atoms with van der Waals surface area (Å²) < 4.78 is 21.6. The number of pyridine rings is 1. The third-order valence-electron chi connectivity index (χ3n) is 4.81. The summed E-state index contributed by atoms with van der Waals surface area (Å²) in [7, 11) is 0. The van der Waals surface area contributed by atoms with E-state index in [0.717, 1.165) is 0 Å². The van der Waals surface area contributed by atoms with E-state index in [1.165, 1.54) is 34.0 Å². The zero-order valence-corrected chi connectivity index (χ0v) is 16.3. The molecule has 0 unspecified atom stereocenters. The SMILES string of the molecule is C.CC(=O)NC[C@H]1CN(c2ccc(-c3ccc4nc(C(=O)NO)cn4c3)c(F)c2)C(=O)O1. The number of aromatic nitrogens is 2. The van der Waals surface area contributed by atoms with E-state index in [1.54, 1.807) is 30.5 Å². The third kappa shape index (κ3) is 4.37. The number of cyclic esters (lactones) is 1.